The fourth-order valence-corrected chi connectivity index (χ4v) is 1.88. The van der Waals surface area contributed by atoms with E-state index in [1.165, 1.54) is 18.2 Å². The quantitative estimate of drug-likeness (QED) is 0.614. The van der Waals surface area contributed by atoms with Crippen LogP contribution in [0, 0.1) is 6.92 Å². The van der Waals surface area contributed by atoms with Crippen LogP contribution >= 0.6 is 15.9 Å². The average Bonchev–Trinajstić information content (AvgIpc) is 2.29. The summed E-state index contributed by atoms with van der Waals surface area (Å²) < 4.78 is 4.66. The first-order valence-electron chi connectivity index (χ1n) is 5.38. The lowest BCUT2D eigenvalue weighted by Gasteiger charge is -2.07. The van der Waals surface area contributed by atoms with Crippen LogP contribution in [0.1, 0.15) is 23.1 Å². The second-order valence-corrected chi connectivity index (χ2v) is 4.60. The summed E-state index contributed by atoms with van der Waals surface area (Å²) >= 11 is 3.43. The van der Waals surface area contributed by atoms with Gasteiger partial charge in [0.15, 0.2) is 0 Å². The standard InChI is InChI=1S/C13H17BrO2/c1-10-5-6-11(9-13(15)16-2)8-12(10)4-3-7-14/h5-6,8H,3-4,7,9H2,1-2H3. The molecule has 0 amide bonds. The van der Waals surface area contributed by atoms with Gasteiger partial charge in [-0.2, -0.15) is 0 Å². The summed E-state index contributed by atoms with van der Waals surface area (Å²) in [6.45, 7) is 2.10. The highest BCUT2D eigenvalue weighted by atomic mass is 79.9. The first kappa shape index (κ1) is 13.2. The number of methoxy groups -OCH3 is 1. The molecule has 1 aromatic carbocycles. The molecule has 0 aliphatic carbocycles. The molecule has 16 heavy (non-hydrogen) atoms. The highest BCUT2D eigenvalue weighted by Crippen LogP contribution is 2.14. The van der Waals surface area contributed by atoms with Crippen LogP contribution in [0.4, 0.5) is 0 Å². The van der Waals surface area contributed by atoms with Gasteiger partial charge in [-0.25, -0.2) is 0 Å². The van der Waals surface area contributed by atoms with Crippen molar-refractivity contribution in [3.63, 3.8) is 0 Å². The molecule has 3 heteroatoms. The van der Waals surface area contributed by atoms with Gasteiger partial charge in [-0.15, -0.1) is 0 Å². The van der Waals surface area contributed by atoms with Crippen molar-refractivity contribution in [3.05, 3.63) is 34.9 Å². The summed E-state index contributed by atoms with van der Waals surface area (Å²) in [6.07, 6.45) is 2.52. The number of esters is 1. The Morgan fingerprint density at radius 1 is 1.44 bits per heavy atom. The number of aryl methyl sites for hydroxylation is 2. The van der Waals surface area contributed by atoms with Gasteiger partial charge in [0.1, 0.15) is 0 Å². The third kappa shape index (κ3) is 3.97. The lowest BCUT2D eigenvalue weighted by Crippen LogP contribution is -2.05. The van der Waals surface area contributed by atoms with Crippen LogP contribution in [0.3, 0.4) is 0 Å². The molecule has 0 fully saturated rings. The van der Waals surface area contributed by atoms with Crippen LogP contribution in [0.25, 0.3) is 0 Å². The molecule has 1 rings (SSSR count). The largest absolute Gasteiger partial charge is 0.469 e. The molecular weight excluding hydrogens is 268 g/mol. The second kappa shape index (κ2) is 6.69. The summed E-state index contributed by atoms with van der Waals surface area (Å²) in [4.78, 5) is 11.2. The molecule has 0 unspecified atom stereocenters. The van der Waals surface area contributed by atoms with E-state index in [4.69, 9.17) is 0 Å². The van der Waals surface area contributed by atoms with E-state index in [1.54, 1.807) is 0 Å². The Bertz CT molecular complexity index is 361. The highest BCUT2D eigenvalue weighted by molar-refractivity contribution is 9.09. The van der Waals surface area contributed by atoms with Crippen molar-refractivity contribution in [3.8, 4) is 0 Å². The minimum atomic E-state index is -0.185. The van der Waals surface area contributed by atoms with Crippen LogP contribution in [0.15, 0.2) is 18.2 Å². The zero-order valence-electron chi connectivity index (χ0n) is 9.75. The average molecular weight is 285 g/mol. The van der Waals surface area contributed by atoms with Gasteiger partial charge < -0.3 is 4.74 Å². The van der Waals surface area contributed by atoms with Gasteiger partial charge in [0, 0.05) is 5.33 Å². The van der Waals surface area contributed by atoms with E-state index in [2.05, 4.69) is 39.7 Å². The highest BCUT2D eigenvalue weighted by Gasteiger charge is 2.05. The Morgan fingerprint density at radius 3 is 2.81 bits per heavy atom. The number of halogens is 1. The van der Waals surface area contributed by atoms with Gasteiger partial charge in [0.25, 0.3) is 0 Å². The van der Waals surface area contributed by atoms with Crippen molar-refractivity contribution in [1.82, 2.24) is 0 Å². The first-order valence-corrected chi connectivity index (χ1v) is 6.50. The lowest BCUT2D eigenvalue weighted by atomic mass is 10.00. The number of hydrogen-bond acceptors (Lipinski definition) is 2. The van der Waals surface area contributed by atoms with Gasteiger partial charge in [-0.3, -0.25) is 4.79 Å². The zero-order chi connectivity index (χ0) is 12.0. The van der Waals surface area contributed by atoms with E-state index in [-0.39, 0.29) is 5.97 Å². The molecule has 0 saturated carbocycles. The van der Waals surface area contributed by atoms with Crippen LogP contribution < -0.4 is 0 Å². The monoisotopic (exact) mass is 284 g/mol. The Morgan fingerprint density at radius 2 is 2.19 bits per heavy atom. The van der Waals surface area contributed by atoms with Gasteiger partial charge in [0.2, 0.25) is 0 Å². The van der Waals surface area contributed by atoms with Crippen LogP contribution in [0.5, 0.6) is 0 Å². The summed E-state index contributed by atoms with van der Waals surface area (Å²) in [6, 6.07) is 6.17. The molecule has 0 bridgehead atoms. The van der Waals surface area contributed by atoms with Crippen LogP contribution in [-0.2, 0) is 22.4 Å². The smallest absolute Gasteiger partial charge is 0.309 e. The molecule has 0 heterocycles. The minimum Gasteiger partial charge on any atom is -0.469 e. The van der Waals surface area contributed by atoms with Gasteiger partial charge >= 0.3 is 5.97 Å². The first-order chi connectivity index (χ1) is 7.67. The number of carbonyl (C=O) groups excluding carboxylic acids is 1. The van der Waals surface area contributed by atoms with Crippen LogP contribution in [-0.4, -0.2) is 18.4 Å². The van der Waals surface area contributed by atoms with E-state index in [0.717, 1.165) is 23.7 Å². The molecule has 0 saturated heterocycles. The molecule has 0 spiro atoms. The number of alkyl halides is 1. The maximum Gasteiger partial charge on any atom is 0.309 e. The maximum absolute atomic E-state index is 11.2. The van der Waals surface area contributed by atoms with Crippen molar-refractivity contribution in [2.45, 2.75) is 26.2 Å². The topological polar surface area (TPSA) is 26.3 Å². The normalized spacial score (nSPS) is 10.2. The second-order valence-electron chi connectivity index (χ2n) is 3.81. The maximum atomic E-state index is 11.2. The summed E-state index contributed by atoms with van der Waals surface area (Å²) in [5, 5.41) is 1.01. The Balaban J connectivity index is 2.76. The van der Waals surface area contributed by atoms with Crippen LogP contribution in [0.2, 0.25) is 0 Å². The molecule has 0 N–H and O–H groups in total. The fraction of sp³-hybridized carbons (Fsp3) is 0.462. The van der Waals surface area contributed by atoms with E-state index >= 15 is 0 Å². The molecule has 0 atom stereocenters. The van der Waals surface area contributed by atoms with Gasteiger partial charge in [-0.05, 0) is 36.5 Å². The molecular formula is C13H17BrO2. The number of benzene rings is 1. The Kier molecular flexibility index (Phi) is 5.53. The fourth-order valence-electron chi connectivity index (χ4n) is 1.60. The SMILES string of the molecule is COC(=O)Cc1ccc(C)c(CCCBr)c1. The molecule has 0 aromatic heterocycles. The summed E-state index contributed by atoms with van der Waals surface area (Å²) in [5.41, 5.74) is 3.64. The van der Waals surface area contributed by atoms with Gasteiger partial charge in [0.05, 0.1) is 13.5 Å². The molecule has 0 aliphatic heterocycles. The lowest BCUT2D eigenvalue weighted by molar-refractivity contribution is -0.139. The number of carbonyl (C=O) groups is 1. The molecule has 2 nitrogen and oxygen atoms in total. The van der Waals surface area contributed by atoms with Crippen molar-refractivity contribution in [2.24, 2.45) is 0 Å². The Hall–Kier alpha value is -0.830. The predicted molar refractivity (Wildman–Crippen MR) is 69.0 cm³/mol. The summed E-state index contributed by atoms with van der Waals surface area (Å²) in [5.74, 6) is -0.185. The van der Waals surface area contributed by atoms with E-state index < -0.39 is 0 Å². The summed E-state index contributed by atoms with van der Waals surface area (Å²) in [7, 11) is 1.42. The molecule has 0 radical (unpaired) electrons. The van der Waals surface area contributed by atoms with E-state index in [1.807, 2.05) is 6.07 Å². The van der Waals surface area contributed by atoms with Crippen molar-refractivity contribution < 1.29 is 9.53 Å². The molecule has 1 aromatic rings. The van der Waals surface area contributed by atoms with E-state index in [9.17, 15) is 4.79 Å². The molecule has 0 aliphatic rings. The van der Waals surface area contributed by atoms with Crippen molar-refractivity contribution >= 4 is 21.9 Å². The zero-order valence-corrected chi connectivity index (χ0v) is 11.3. The predicted octanol–water partition coefficient (Wildman–Crippen LogP) is 3.04. The van der Waals surface area contributed by atoms with Crippen molar-refractivity contribution in [1.29, 1.82) is 0 Å². The number of hydrogen-bond donors (Lipinski definition) is 0. The Labute approximate surface area is 105 Å². The van der Waals surface area contributed by atoms with Gasteiger partial charge in [-0.1, -0.05) is 34.1 Å². The minimum absolute atomic E-state index is 0.185. The van der Waals surface area contributed by atoms with Crippen molar-refractivity contribution in [2.75, 3.05) is 12.4 Å². The third-order valence-corrected chi connectivity index (χ3v) is 3.13. The van der Waals surface area contributed by atoms with E-state index in [0.29, 0.717) is 6.42 Å². The number of rotatable bonds is 5. The third-order valence-electron chi connectivity index (χ3n) is 2.57. The number of ether oxygens (including phenoxy) is 1. The molecule has 88 valence electrons.